The monoisotopic (exact) mass is 539 g/mol. The van der Waals surface area contributed by atoms with Crippen LogP contribution >= 0.6 is 9.24 Å². The summed E-state index contributed by atoms with van der Waals surface area (Å²) in [5, 5.41) is 0. The molecule has 0 bridgehead atoms. The highest BCUT2D eigenvalue weighted by Gasteiger charge is 2.22. The molecule has 1 atom stereocenters. The van der Waals surface area contributed by atoms with Crippen molar-refractivity contribution >= 4 is 25.2 Å². The minimum Gasteiger partial charge on any atom is -0.457 e. The first-order chi connectivity index (χ1) is 17.6. The van der Waals surface area contributed by atoms with Gasteiger partial charge in [-0.15, -0.1) is 9.24 Å². The number of halogens is 1. The lowest BCUT2D eigenvalue weighted by Gasteiger charge is -2.21. The van der Waals surface area contributed by atoms with E-state index in [9.17, 15) is 12.8 Å². The number of hydrogen-bond acceptors (Lipinski definition) is 5. The molecule has 194 valence electrons. The van der Waals surface area contributed by atoms with Gasteiger partial charge in [0.25, 0.3) is 0 Å². The maximum atomic E-state index is 13.2. The van der Waals surface area contributed by atoms with Crippen LogP contribution in [-0.4, -0.2) is 31.7 Å². The highest BCUT2D eigenvalue weighted by Crippen LogP contribution is 2.32. The fourth-order valence-electron chi connectivity index (χ4n) is 3.42. The number of anilines is 1. The smallest absolute Gasteiger partial charge is 0.239 e. The lowest BCUT2D eigenvalue weighted by Crippen LogP contribution is -2.27. The van der Waals surface area contributed by atoms with Crippen LogP contribution in [0.3, 0.4) is 0 Å². The van der Waals surface area contributed by atoms with E-state index in [0.717, 1.165) is 38.9 Å². The van der Waals surface area contributed by atoms with Crippen LogP contribution in [0, 0.1) is 5.82 Å². The molecule has 0 fully saturated rings. The summed E-state index contributed by atoms with van der Waals surface area (Å²) in [7, 11) is 0.585. The fourth-order valence-corrected chi connectivity index (χ4v) is 4.20. The summed E-state index contributed by atoms with van der Waals surface area (Å²) in [6.07, 6.45) is 1.72. The number of para-hydroxylation sites is 2. The Labute approximate surface area is 220 Å². The predicted octanol–water partition coefficient (Wildman–Crippen LogP) is 6.66. The van der Waals surface area contributed by atoms with Gasteiger partial charge in [0, 0.05) is 18.2 Å². The average molecular weight is 540 g/mol. The molecular weight excluding hydrogens is 508 g/mol. The second kappa shape index (κ2) is 12.7. The van der Waals surface area contributed by atoms with Crippen LogP contribution in [0.2, 0.25) is 0 Å². The third-order valence-corrected chi connectivity index (χ3v) is 6.96. The van der Waals surface area contributed by atoms with Crippen molar-refractivity contribution in [2.24, 2.45) is 0 Å². The van der Waals surface area contributed by atoms with Gasteiger partial charge in [0.15, 0.2) is 0 Å². The molecule has 0 spiro atoms. The quantitative estimate of drug-likeness (QED) is 0.246. The van der Waals surface area contributed by atoms with Crippen LogP contribution in [-0.2, 0) is 16.2 Å². The Morgan fingerprint density at radius 2 is 1.41 bits per heavy atom. The molecule has 0 saturated carbocycles. The van der Waals surface area contributed by atoms with Gasteiger partial charge in [-0.3, -0.25) is 0 Å². The maximum Gasteiger partial charge on any atom is 0.239 e. The van der Waals surface area contributed by atoms with E-state index in [0.29, 0.717) is 11.9 Å². The molecule has 0 aliphatic heterocycles. The van der Waals surface area contributed by atoms with Crippen molar-refractivity contribution in [2.45, 2.75) is 25.9 Å². The van der Waals surface area contributed by atoms with Crippen molar-refractivity contribution in [3.8, 4) is 22.8 Å². The minimum absolute atomic E-state index is 0.0921. The molecule has 1 aromatic heterocycles. The summed E-state index contributed by atoms with van der Waals surface area (Å²) < 4.78 is 43.6. The van der Waals surface area contributed by atoms with Crippen LogP contribution in [0.15, 0.2) is 84.9 Å². The minimum atomic E-state index is -3.48. The summed E-state index contributed by atoms with van der Waals surface area (Å²) >= 11 is 0. The lowest BCUT2D eigenvalue weighted by molar-refractivity contribution is 0.482. The molecule has 4 rings (SSSR count). The zero-order chi connectivity index (χ0) is 27.0. The second-order valence-electron chi connectivity index (χ2n) is 8.56. The first kappa shape index (κ1) is 28.2. The first-order valence-corrected chi connectivity index (χ1v) is 14.3. The molecule has 0 aliphatic rings. The van der Waals surface area contributed by atoms with Gasteiger partial charge in [-0.1, -0.05) is 50.2 Å². The first-order valence-electron chi connectivity index (χ1n) is 11.7. The van der Waals surface area contributed by atoms with Gasteiger partial charge >= 0.3 is 0 Å². The summed E-state index contributed by atoms with van der Waals surface area (Å²) in [6.45, 7) is 3.98. The fraction of sp³-hybridized carbons (Fsp3) is 0.214. The summed E-state index contributed by atoms with van der Waals surface area (Å²) in [4.78, 5) is 8.91. The molecule has 37 heavy (non-hydrogen) atoms. The van der Waals surface area contributed by atoms with Gasteiger partial charge < -0.3 is 4.74 Å². The molecule has 1 heterocycles. The highest BCUT2D eigenvalue weighted by molar-refractivity contribution is 7.92. The Kier molecular flexibility index (Phi) is 9.73. The van der Waals surface area contributed by atoms with E-state index in [4.69, 9.17) is 4.74 Å². The van der Waals surface area contributed by atoms with Crippen LogP contribution in [0.1, 0.15) is 31.0 Å². The van der Waals surface area contributed by atoms with E-state index in [1.54, 1.807) is 12.1 Å². The molecule has 0 aliphatic carbocycles. The van der Waals surface area contributed by atoms with Gasteiger partial charge in [-0.2, -0.15) is 0 Å². The predicted molar refractivity (Wildman–Crippen MR) is 151 cm³/mol. The highest BCUT2D eigenvalue weighted by atomic mass is 32.2. The topological polar surface area (TPSA) is 72.4 Å². The molecule has 4 aromatic rings. The van der Waals surface area contributed by atoms with Gasteiger partial charge in [0.1, 0.15) is 17.3 Å². The van der Waals surface area contributed by atoms with Gasteiger partial charge in [-0.05, 0) is 60.6 Å². The largest absolute Gasteiger partial charge is 0.457 e. The normalized spacial score (nSPS) is 11.0. The number of nitrogens with zero attached hydrogens (tertiary/aromatic N) is 3. The van der Waals surface area contributed by atoms with Crippen molar-refractivity contribution < 1.29 is 17.5 Å². The number of hydrogen-bond donors (Lipinski definition) is 0. The third-order valence-electron chi connectivity index (χ3n) is 5.40. The van der Waals surface area contributed by atoms with Gasteiger partial charge in [0.2, 0.25) is 16.0 Å². The molecule has 0 N–H and O–H groups in total. The van der Waals surface area contributed by atoms with Crippen molar-refractivity contribution in [3.63, 3.8) is 0 Å². The Hall–Kier alpha value is -3.35. The van der Waals surface area contributed by atoms with Gasteiger partial charge in [-0.25, -0.2) is 27.1 Å². The molecule has 3 aromatic carbocycles. The molecule has 0 radical (unpaired) electrons. The van der Waals surface area contributed by atoms with E-state index >= 15 is 0 Å². The third kappa shape index (κ3) is 7.81. The van der Waals surface area contributed by atoms with Crippen molar-refractivity contribution in [3.05, 3.63) is 102 Å². The SMILES string of the molecule is CC(C)c1nc(N(C)S(C)(=O)=O)nc(-c2ccc(F)cc2)c1CP.c1ccc(Oc2ccccc2)cc1. The van der Waals surface area contributed by atoms with Crippen LogP contribution in [0.4, 0.5) is 10.3 Å². The number of benzene rings is 3. The molecule has 9 heteroatoms. The van der Waals surface area contributed by atoms with E-state index < -0.39 is 10.0 Å². The second-order valence-corrected chi connectivity index (χ2v) is 11.0. The number of ether oxygens (including phenoxy) is 1. The van der Waals surface area contributed by atoms with E-state index in [-0.39, 0.29) is 17.7 Å². The zero-order valence-corrected chi connectivity index (χ0v) is 23.3. The summed E-state index contributed by atoms with van der Waals surface area (Å²) in [5.41, 5.74) is 3.03. The molecule has 1 unspecified atom stereocenters. The zero-order valence-electron chi connectivity index (χ0n) is 21.3. The number of rotatable bonds is 7. The lowest BCUT2D eigenvalue weighted by atomic mass is 9.99. The molecule has 0 saturated heterocycles. The Balaban J connectivity index is 0.000000244. The van der Waals surface area contributed by atoms with E-state index in [1.807, 2.05) is 74.5 Å². The maximum absolute atomic E-state index is 13.2. The molecule has 6 nitrogen and oxygen atoms in total. The number of sulfonamides is 1. The Morgan fingerprint density at radius 1 is 0.892 bits per heavy atom. The van der Waals surface area contributed by atoms with Crippen molar-refractivity contribution in [1.29, 1.82) is 0 Å². The van der Waals surface area contributed by atoms with E-state index in [1.165, 1.54) is 19.2 Å². The Bertz CT molecular complexity index is 1360. The van der Waals surface area contributed by atoms with Crippen molar-refractivity contribution in [1.82, 2.24) is 9.97 Å². The molecule has 0 amide bonds. The molecular formula is C28H31FN3O3PS. The van der Waals surface area contributed by atoms with Crippen molar-refractivity contribution in [2.75, 3.05) is 17.6 Å². The average Bonchev–Trinajstić information content (AvgIpc) is 2.89. The number of aromatic nitrogens is 2. The standard InChI is InChI=1S/C16H21FN3O2PS.C12H10O/c1-10(2)14-13(9-23)15(11-5-7-12(17)8-6-11)19-16(18-14)20(3)24(4,21)22;1-3-7-11(8-4-1)13-12-9-5-2-6-10-12/h5-8,10H,9,23H2,1-4H3;1-10H. The van der Waals surface area contributed by atoms with Crippen LogP contribution in [0.25, 0.3) is 11.3 Å². The Morgan fingerprint density at radius 3 is 1.84 bits per heavy atom. The van der Waals surface area contributed by atoms with Crippen LogP contribution < -0.4 is 9.04 Å². The summed E-state index contributed by atoms with van der Waals surface area (Å²) in [6, 6.07) is 25.5. The van der Waals surface area contributed by atoms with Gasteiger partial charge in [0.05, 0.1) is 17.6 Å². The van der Waals surface area contributed by atoms with Crippen LogP contribution in [0.5, 0.6) is 11.5 Å². The summed E-state index contributed by atoms with van der Waals surface area (Å²) in [5.74, 6) is 1.61. The van der Waals surface area contributed by atoms with E-state index in [2.05, 4.69) is 19.2 Å².